The van der Waals surface area contributed by atoms with Crippen LogP contribution in [0.15, 0.2) is 23.8 Å². The third kappa shape index (κ3) is 9.97. The van der Waals surface area contributed by atoms with Gasteiger partial charge in [0.15, 0.2) is 0 Å². The zero-order valence-corrected chi connectivity index (χ0v) is 12.4. The minimum atomic E-state index is 0.671. The summed E-state index contributed by atoms with van der Waals surface area (Å²) in [4.78, 5) is 2.24. The van der Waals surface area contributed by atoms with E-state index in [1.807, 2.05) is 13.8 Å². The molecule has 0 aliphatic rings. The lowest BCUT2D eigenvalue weighted by atomic mass is 9.96. The van der Waals surface area contributed by atoms with Gasteiger partial charge in [-0.15, -0.1) is 0 Å². The Bertz CT molecular complexity index is 190. The summed E-state index contributed by atoms with van der Waals surface area (Å²) < 4.78 is 0. The SMILES string of the molecule is C/C=C(\C=C/CC)C(C)CCN(C)C.CC. The lowest BCUT2D eigenvalue weighted by Crippen LogP contribution is -2.16. The van der Waals surface area contributed by atoms with Crippen molar-refractivity contribution in [2.24, 2.45) is 5.92 Å². The molecule has 0 aromatic rings. The Labute approximate surface area is 103 Å². The van der Waals surface area contributed by atoms with Crippen molar-refractivity contribution in [2.45, 2.75) is 47.5 Å². The Hall–Kier alpha value is -0.560. The third-order valence-electron chi connectivity index (χ3n) is 2.46. The van der Waals surface area contributed by atoms with Crippen LogP contribution in [0.4, 0.5) is 0 Å². The number of allylic oxidation sites excluding steroid dienone is 4. The van der Waals surface area contributed by atoms with Gasteiger partial charge in [0.25, 0.3) is 0 Å². The standard InChI is InChI=1S/C13H25N.C2H6/c1-6-8-9-13(7-2)12(3)10-11-14(4)5;1-2/h7-9,12H,6,10-11H2,1-5H3;1-2H3/b9-8-,13-7+;. The maximum absolute atomic E-state index is 2.30. The van der Waals surface area contributed by atoms with E-state index in [0.717, 1.165) is 6.42 Å². The summed E-state index contributed by atoms with van der Waals surface area (Å²) in [5.41, 5.74) is 1.47. The van der Waals surface area contributed by atoms with Gasteiger partial charge in [-0.05, 0) is 51.9 Å². The highest BCUT2D eigenvalue weighted by Gasteiger charge is 2.05. The molecule has 0 amide bonds. The number of hydrogen-bond acceptors (Lipinski definition) is 1. The second-order valence-corrected chi connectivity index (χ2v) is 4.09. The zero-order chi connectivity index (χ0) is 13.0. The van der Waals surface area contributed by atoms with Crippen LogP contribution in [0.1, 0.15) is 47.5 Å². The topological polar surface area (TPSA) is 3.24 Å². The maximum atomic E-state index is 2.30. The number of hydrogen-bond donors (Lipinski definition) is 0. The Balaban J connectivity index is 0. The first-order valence-electron chi connectivity index (χ1n) is 6.59. The van der Waals surface area contributed by atoms with Gasteiger partial charge in [0.2, 0.25) is 0 Å². The van der Waals surface area contributed by atoms with Crippen molar-refractivity contribution in [2.75, 3.05) is 20.6 Å². The molecular weight excluding hydrogens is 194 g/mol. The van der Waals surface area contributed by atoms with Crippen LogP contribution in [0, 0.1) is 5.92 Å². The number of rotatable bonds is 6. The first-order chi connectivity index (χ1) is 7.61. The van der Waals surface area contributed by atoms with Crippen molar-refractivity contribution in [3.63, 3.8) is 0 Å². The Morgan fingerprint density at radius 3 is 2.19 bits per heavy atom. The fourth-order valence-electron chi connectivity index (χ4n) is 1.42. The predicted octanol–water partition coefficient (Wildman–Crippen LogP) is 4.51. The van der Waals surface area contributed by atoms with Crippen LogP contribution in [0.5, 0.6) is 0 Å². The Morgan fingerprint density at radius 2 is 1.81 bits per heavy atom. The summed E-state index contributed by atoms with van der Waals surface area (Å²) in [5, 5.41) is 0. The second-order valence-electron chi connectivity index (χ2n) is 4.09. The van der Waals surface area contributed by atoms with E-state index >= 15 is 0 Å². The molecular formula is C15H31N. The number of nitrogens with zero attached hydrogens (tertiary/aromatic N) is 1. The first-order valence-corrected chi connectivity index (χ1v) is 6.59. The third-order valence-corrected chi connectivity index (χ3v) is 2.46. The van der Waals surface area contributed by atoms with Crippen LogP contribution in [0.2, 0.25) is 0 Å². The van der Waals surface area contributed by atoms with Gasteiger partial charge >= 0.3 is 0 Å². The fourth-order valence-corrected chi connectivity index (χ4v) is 1.42. The maximum Gasteiger partial charge on any atom is -0.00191 e. The molecule has 0 N–H and O–H groups in total. The van der Waals surface area contributed by atoms with Crippen LogP contribution in [-0.2, 0) is 0 Å². The molecule has 0 saturated carbocycles. The molecule has 1 heteroatoms. The van der Waals surface area contributed by atoms with E-state index in [4.69, 9.17) is 0 Å². The monoisotopic (exact) mass is 225 g/mol. The van der Waals surface area contributed by atoms with Gasteiger partial charge in [0.05, 0.1) is 0 Å². The van der Waals surface area contributed by atoms with Crippen molar-refractivity contribution < 1.29 is 0 Å². The van der Waals surface area contributed by atoms with Crippen LogP contribution < -0.4 is 0 Å². The highest BCUT2D eigenvalue weighted by Crippen LogP contribution is 2.16. The zero-order valence-electron chi connectivity index (χ0n) is 12.4. The summed E-state index contributed by atoms with van der Waals surface area (Å²) in [6.07, 6.45) is 9.09. The van der Waals surface area contributed by atoms with Gasteiger partial charge in [0, 0.05) is 0 Å². The lowest BCUT2D eigenvalue weighted by molar-refractivity contribution is 0.376. The van der Waals surface area contributed by atoms with E-state index in [9.17, 15) is 0 Å². The molecule has 0 rings (SSSR count). The van der Waals surface area contributed by atoms with Gasteiger partial charge in [-0.1, -0.05) is 45.9 Å². The van der Waals surface area contributed by atoms with Gasteiger partial charge < -0.3 is 4.90 Å². The molecule has 0 aromatic carbocycles. The van der Waals surface area contributed by atoms with E-state index in [0.29, 0.717) is 5.92 Å². The summed E-state index contributed by atoms with van der Waals surface area (Å²) in [5.74, 6) is 0.671. The fraction of sp³-hybridized carbons (Fsp3) is 0.733. The molecule has 0 spiro atoms. The second kappa shape index (κ2) is 12.5. The molecule has 96 valence electrons. The molecule has 1 unspecified atom stereocenters. The van der Waals surface area contributed by atoms with Crippen molar-refractivity contribution in [1.29, 1.82) is 0 Å². The van der Waals surface area contributed by atoms with Gasteiger partial charge in [-0.25, -0.2) is 0 Å². The van der Waals surface area contributed by atoms with E-state index in [1.54, 1.807) is 0 Å². The summed E-state index contributed by atoms with van der Waals surface area (Å²) in [6.45, 7) is 11.8. The first kappa shape index (κ1) is 17.8. The van der Waals surface area contributed by atoms with Gasteiger partial charge in [-0.2, -0.15) is 0 Å². The summed E-state index contributed by atoms with van der Waals surface area (Å²) in [7, 11) is 4.26. The average molecular weight is 225 g/mol. The molecule has 16 heavy (non-hydrogen) atoms. The van der Waals surface area contributed by atoms with Crippen LogP contribution >= 0.6 is 0 Å². The highest BCUT2D eigenvalue weighted by atomic mass is 15.0. The molecule has 0 heterocycles. The molecule has 0 fully saturated rings. The average Bonchev–Trinajstić information content (AvgIpc) is 2.30. The van der Waals surface area contributed by atoms with Crippen LogP contribution in [0.3, 0.4) is 0 Å². The summed E-state index contributed by atoms with van der Waals surface area (Å²) in [6, 6.07) is 0. The minimum absolute atomic E-state index is 0.671. The molecule has 0 saturated heterocycles. The van der Waals surface area contributed by atoms with E-state index < -0.39 is 0 Å². The quantitative estimate of drug-likeness (QED) is 0.601. The van der Waals surface area contributed by atoms with Crippen molar-refractivity contribution in [3.8, 4) is 0 Å². The van der Waals surface area contributed by atoms with Gasteiger partial charge in [0.1, 0.15) is 0 Å². The van der Waals surface area contributed by atoms with Crippen molar-refractivity contribution >= 4 is 0 Å². The van der Waals surface area contributed by atoms with Crippen molar-refractivity contribution in [3.05, 3.63) is 23.8 Å². The predicted molar refractivity (Wildman–Crippen MR) is 76.9 cm³/mol. The minimum Gasteiger partial charge on any atom is -0.309 e. The molecule has 1 atom stereocenters. The molecule has 0 aliphatic heterocycles. The Kier molecular flexibility index (Phi) is 13.9. The van der Waals surface area contributed by atoms with Crippen LogP contribution in [0.25, 0.3) is 0 Å². The van der Waals surface area contributed by atoms with Crippen LogP contribution in [-0.4, -0.2) is 25.5 Å². The smallest absolute Gasteiger partial charge is 0.00191 e. The van der Waals surface area contributed by atoms with E-state index in [1.165, 1.54) is 18.5 Å². The van der Waals surface area contributed by atoms with E-state index in [2.05, 4.69) is 58.0 Å². The molecule has 1 nitrogen and oxygen atoms in total. The van der Waals surface area contributed by atoms with E-state index in [-0.39, 0.29) is 0 Å². The molecule has 0 radical (unpaired) electrons. The van der Waals surface area contributed by atoms with Crippen molar-refractivity contribution in [1.82, 2.24) is 4.90 Å². The lowest BCUT2D eigenvalue weighted by Gasteiger charge is -2.16. The largest absolute Gasteiger partial charge is 0.309 e. The molecule has 0 bridgehead atoms. The summed E-state index contributed by atoms with van der Waals surface area (Å²) >= 11 is 0. The Morgan fingerprint density at radius 1 is 1.25 bits per heavy atom. The highest BCUT2D eigenvalue weighted by molar-refractivity contribution is 5.20. The normalized spacial score (nSPS) is 13.9. The molecule has 0 aliphatic carbocycles. The van der Waals surface area contributed by atoms with Gasteiger partial charge in [-0.3, -0.25) is 0 Å². The molecule has 0 aromatic heterocycles.